The molecule has 0 unspecified atom stereocenters. The Morgan fingerprint density at radius 2 is 1.79 bits per heavy atom. The molecular weight excluding hydrogens is 438 g/mol. The van der Waals surface area contributed by atoms with Gasteiger partial charge in [-0.3, -0.25) is 4.79 Å². The quantitative estimate of drug-likeness (QED) is 0.433. The van der Waals surface area contributed by atoms with E-state index in [2.05, 4.69) is 12.0 Å². The highest BCUT2D eigenvalue weighted by molar-refractivity contribution is 6.30. The van der Waals surface area contributed by atoms with Gasteiger partial charge in [0.25, 0.3) is 5.91 Å². The monoisotopic (exact) mass is 465 g/mol. The molecule has 1 aliphatic rings. The van der Waals surface area contributed by atoms with E-state index in [1.165, 1.54) is 6.42 Å². The Morgan fingerprint density at radius 1 is 1.06 bits per heavy atom. The lowest BCUT2D eigenvalue weighted by molar-refractivity contribution is 0.0518. The molecule has 1 aliphatic heterocycles. The van der Waals surface area contributed by atoms with Crippen LogP contribution < -0.4 is 0 Å². The van der Waals surface area contributed by atoms with Crippen LogP contribution in [0.4, 0.5) is 0 Å². The minimum atomic E-state index is -0.478. The Balaban J connectivity index is 1.67. The molecule has 0 bridgehead atoms. The van der Waals surface area contributed by atoms with Crippen molar-refractivity contribution in [2.24, 2.45) is 0 Å². The maximum Gasteiger partial charge on any atom is 0.358 e. The molecule has 172 valence electrons. The van der Waals surface area contributed by atoms with Crippen LogP contribution in [0.3, 0.4) is 0 Å². The minimum absolute atomic E-state index is 0.0682. The van der Waals surface area contributed by atoms with Crippen LogP contribution in [0, 0.1) is 0 Å². The van der Waals surface area contributed by atoms with E-state index < -0.39 is 5.97 Å². The Morgan fingerprint density at radius 3 is 2.45 bits per heavy atom. The molecule has 1 saturated heterocycles. The van der Waals surface area contributed by atoms with Crippen molar-refractivity contribution in [3.63, 3.8) is 0 Å². The number of rotatable bonds is 6. The van der Waals surface area contributed by atoms with Crippen LogP contribution in [0.25, 0.3) is 16.9 Å². The van der Waals surface area contributed by atoms with Gasteiger partial charge < -0.3 is 9.64 Å². The second-order valence-corrected chi connectivity index (χ2v) is 8.59. The first-order valence-electron chi connectivity index (χ1n) is 11.5. The van der Waals surface area contributed by atoms with Crippen LogP contribution in [0.1, 0.15) is 60.4 Å². The van der Waals surface area contributed by atoms with E-state index in [1.807, 2.05) is 41.3 Å². The molecule has 0 spiro atoms. The Labute approximate surface area is 199 Å². The Hall–Kier alpha value is -3.12. The summed E-state index contributed by atoms with van der Waals surface area (Å²) in [5.74, 6) is -0.410. The largest absolute Gasteiger partial charge is 0.461 e. The highest BCUT2D eigenvalue weighted by Crippen LogP contribution is 2.27. The molecule has 1 fully saturated rings. The highest BCUT2D eigenvalue weighted by atomic mass is 35.5. The van der Waals surface area contributed by atoms with Gasteiger partial charge in [-0.1, -0.05) is 30.7 Å². The maximum absolute atomic E-state index is 13.1. The number of esters is 1. The van der Waals surface area contributed by atoms with E-state index in [0.29, 0.717) is 16.6 Å². The summed E-state index contributed by atoms with van der Waals surface area (Å²) in [6.45, 7) is 4.97. The number of nitrogens with zero attached hydrogens (tertiary/aromatic N) is 3. The predicted molar refractivity (Wildman–Crippen MR) is 129 cm³/mol. The van der Waals surface area contributed by atoms with E-state index in [-0.39, 0.29) is 18.2 Å². The second-order valence-electron chi connectivity index (χ2n) is 8.16. The topological polar surface area (TPSA) is 64.4 Å². The zero-order valence-electron chi connectivity index (χ0n) is 19.0. The number of halogens is 1. The Bertz CT molecular complexity index is 1120. The van der Waals surface area contributed by atoms with Gasteiger partial charge in [0.15, 0.2) is 5.69 Å². The first-order valence-corrected chi connectivity index (χ1v) is 11.8. The molecule has 1 amide bonds. The smallest absolute Gasteiger partial charge is 0.358 e. The van der Waals surface area contributed by atoms with Crippen molar-refractivity contribution in [1.29, 1.82) is 0 Å². The van der Waals surface area contributed by atoms with Crippen molar-refractivity contribution in [2.75, 3.05) is 13.2 Å². The molecule has 0 saturated carbocycles. The normalized spacial score (nSPS) is 16.0. The van der Waals surface area contributed by atoms with Gasteiger partial charge >= 0.3 is 5.97 Å². The number of hydrogen-bond acceptors (Lipinski definition) is 4. The summed E-state index contributed by atoms with van der Waals surface area (Å²) in [5, 5.41) is 5.13. The fourth-order valence-corrected chi connectivity index (χ4v) is 4.44. The van der Waals surface area contributed by atoms with Gasteiger partial charge in [-0.15, -0.1) is 0 Å². The molecule has 0 aliphatic carbocycles. The van der Waals surface area contributed by atoms with Gasteiger partial charge in [0.2, 0.25) is 0 Å². The van der Waals surface area contributed by atoms with Gasteiger partial charge in [-0.05, 0) is 75.1 Å². The van der Waals surface area contributed by atoms with Crippen LogP contribution in [-0.2, 0) is 4.74 Å². The third-order valence-electron chi connectivity index (χ3n) is 6.05. The summed E-state index contributed by atoms with van der Waals surface area (Å²) in [4.78, 5) is 27.5. The molecule has 1 aromatic heterocycles. The van der Waals surface area contributed by atoms with Crippen LogP contribution in [0.15, 0.2) is 54.6 Å². The van der Waals surface area contributed by atoms with Crippen LogP contribution in [0.2, 0.25) is 5.02 Å². The lowest BCUT2D eigenvalue weighted by Gasteiger charge is -2.35. The average molecular weight is 466 g/mol. The third kappa shape index (κ3) is 4.96. The number of benzene rings is 2. The molecule has 1 atom stereocenters. The molecule has 2 aromatic carbocycles. The van der Waals surface area contributed by atoms with E-state index in [9.17, 15) is 9.59 Å². The van der Waals surface area contributed by atoms with Crippen LogP contribution in [0.5, 0.6) is 0 Å². The molecule has 7 heteroatoms. The molecular formula is C26H28ClN3O3. The molecule has 3 aromatic rings. The highest BCUT2D eigenvalue weighted by Gasteiger charge is 2.26. The molecule has 6 nitrogen and oxygen atoms in total. The number of carbonyl (C=O) groups is 2. The standard InChI is InChI=1S/C26H28ClN3O3/c1-3-21-7-5-6-16-29(21)25(31)19-10-14-22(15-11-19)30-24(18-8-12-20(27)13-9-18)17-23(28-30)26(32)33-4-2/h8-15,17,21H,3-7,16H2,1-2H3/t21-/m0/s1. The summed E-state index contributed by atoms with van der Waals surface area (Å²) in [6, 6.07) is 16.7. The number of ether oxygens (including phenoxy) is 1. The van der Waals surface area contributed by atoms with Gasteiger partial charge in [-0.2, -0.15) is 5.10 Å². The zero-order chi connectivity index (χ0) is 23.4. The van der Waals surface area contributed by atoms with Gasteiger partial charge in [0, 0.05) is 28.7 Å². The summed E-state index contributed by atoms with van der Waals surface area (Å²) < 4.78 is 6.83. The Kier molecular flexibility index (Phi) is 7.14. The molecule has 0 N–H and O–H groups in total. The van der Waals surface area contributed by atoms with Crippen molar-refractivity contribution >= 4 is 23.5 Å². The summed E-state index contributed by atoms with van der Waals surface area (Å²) in [7, 11) is 0. The summed E-state index contributed by atoms with van der Waals surface area (Å²) >= 11 is 6.05. The van der Waals surface area contributed by atoms with Gasteiger partial charge in [0.05, 0.1) is 18.0 Å². The fourth-order valence-electron chi connectivity index (χ4n) is 4.31. The van der Waals surface area contributed by atoms with E-state index >= 15 is 0 Å². The van der Waals surface area contributed by atoms with Crippen molar-refractivity contribution in [3.8, 4) is 16.9 Å². The number of amides is 1. The van der Waals surface area contributed by atoms with E-state index in [4.69, 9.17) is 16.3 Å². The van der Waals surface area contributed by atoms with Crippen LogP contribution >= 0.6 is 11.6 Å². The molecule has 33 heavy (non-hydrogen) atoms. The van der Waals surface area contributed by atoms with Gasteiger partial charge in [-0.25, -0.2) is 9.48 Å². The van der Waals surface area contributed by atoms with Crippen LogP contribution in [-0.4, -0.2) is 45.8 Å². The third-order valence-corrected chi connectivity index (χ3v) is 6.30. The van der Waals surface area contributed by atoms with E-state index in [1.54, 1.807) is 29.8 Å². The average Bonchev–Trinajstić information content (AvgIpc) is 3.30. The number of piperidine rings is 1. The van der Waals surface area contributed by atoms with Gasteiger partial charge in [0.1, 0.15) is 0 Å². The fraction of sp³-hybridized carbons (Fsp3) is 0.346. The number of likely N-dealkylation sites (tertiary alicyclic amines) is 1. The molecule has 2 heterocycles. The van der Waals surface area contributed by atoms with Crippen molar-refractivity contribution in [2.45, 2.75) is 45.6 Å². The summed E-state index contributed by atoms with van der Waals surface area (Å²) in [5.41, 5.74) is 3.22. The lowest BCUT2D eigenvalue weighted by atomic mass is 9.99. The SMILES string of the molecule is CCOC(=O)c1cc(-c2ccc(Cl)cc2)n(-c2ccc(C(=O)N3CCCC[C@@H]3CC)cc2)n1. The summed E-state index contributed by atoms with van der Waals surface area (Å²) in [6.07, 6.45) is 4.26. The zero-order valence-corrected chi connectivity index (χ0v) is 19.7. The van der Waals surface area contributed by atoms with Crippen molar-refractivity contribution < 1.29 is 14.3 Å². The molecule has 4 rings (SSSR count). The number of carbonyl (C=O) groups excluding carboxylic acids is 2. The number of aromatic nitrogens is 2. The maximum atomic E-state index is 13.1. The number of hydrogen-bond donors (Lipinski definition) is 0. The molecule has 0 radical (unpaired) electrons. The first-order chi connectivity index (χ1) is 16.0. The van der Waals surface area contributed by atoms with Crippen molar-refractivity contribution in [3.05, 3.63) is 70.9 Å². The van der Waals surface area contributed by atoms with E-state index in [0.717, 1.165) is 42.8 Å². The first kappa shape index (κ1) is 23.1. The predicted octanol–water partition coefficient (Wildman–Crippen LogP) is 5.77. The van der Waals surface area contributed by atoms with Crippen molar-refractivity contribution in [1.82, 2.24) is 14.7 Å². The second kappa shape index (κ2) is 10.2. The minimum Gasteiger partial charge on any atom is -0.461 e. The lowest BCUT2D eigenvalue weighted by Crippen LogP contribution is -2.43.